The number of halogens is 1. The minimum atomic E-state index is -0.164. The van der Waals surface area contributed by atoms with Gasteiger partial charge in [-0.2, -0.15) is 0 Å². The lowest BCUT2D eigenvalue weighted by molar-refractivity contribution is 0.625. The minimum Gasteiger partial charge on any atom is -0.247 e. The Morgan fingerprint density at radius 1 is 1.33 bits per heavy atom. The first kappa shape index (κ1) is 10.3. The van der Waals surface area contributed by atoms with Crippen LogP contribution in [0.3, 0.4) is 0 Å². The van der Waals surface area contributed by atoms with E-state index >= 15 is 0 Å². The molecule has 0 saturated heterocycles. The Morgan fingerprint density at radius 2 is 2.20 bits per heavy atom. The molecule has 0 atom stereocenters. The van der Waals surface area contributed by atoms with E-state index in [1.165, 1.54) is 6.07 Å². The summed E-state index contributed by atoms with van der Waals surface area (Å²) in [5, 5.41) is 3.16. The summed E-state index contributed by atoms with van der Waals surface area (Å²) in [6, 6.07) is 6.75. The van der Waals surface area contributed by atoms with Crippen LogP contribution in [0.2, 0.25) is 0 Å². The van der Waals surface area contributed by atoms with E-state index in [4.69, 9.17) is 0 Å². The molecule has 0 bridgehead atoms. The second kappa shape index (κ2) is 4.53. The van der Waals surface area contributed by atoms with Gasteiger partial charge in [-0.15, -0.1) is 11.3 Å². The first-order valence-corrected chi connectivity index (χ1v) is 5.77. The molecule has 15 heavy (non-hydrogen) atoms. The van der Waals surface area contributed by atoms with E-state index < -0.39 is 0 Å². The SMILES string of the molecule is Cc1csc(CCc2cccc(F)c2)n1. The van der Waals surface area contributed by atoms with E-state index in [0.717, 1.165) is 29.1 Å². The van der Waals surface area contributed by atoms with E-state index in [0.29, 0.717) is 0 Å². The molecule has 78 valence electrons. The Hall–Kier alpha value is -1.22. The fourth-order valence-electron chi connectivity index (χ4n) is 1.46. The highest BCUT2D eigenvalue weighted by atomic mass is 32.1. The largest absolute Gasteiger partial charge is 0.247 e. The summed E-state index contributed by atoms with van der Waals surface area (Å²) < 4.78 is 12.9. The van der Waals surface area contributed by atoms with Gasteiger partial charge < -0.3 is 0 Å². The highest BCUT2D eigenvalue weighted by Crippen LogP contribution is 2.12. The van der Waals surface area contributed by atoms with Gasteiger partial charge in [-0.3, -0.25) is 0 Å². The molecule has 1 aromatic heterocycles. The molecule has 1 heterocycles. The van der Waals surface area contributed by atoms with Crippen LogP contribution in [-0.4, -0.2) is 4.98 Å². The molecule has 2 aromatic rings. The molecule has 0 aliphatic rings. The average Bonchev–Trinajstić information content (AvgIpc) is 2.62. The van der Waals surface area contributed by atoms with Crippen molar-refractivity contribution in [3.63, 3.8) is 0 Å². The third kappa shape index (κ3) is 2.86. The third-order valence-electron chi connectivity index (χ3n) is 2.18. The van der Waals surface area contributed by atoms with Crippen molar-refractivity contribution in [1.29, 1.82) is 0 Å². The van der Waals surface area contributed by atoms with Crippen LogP contribution in [0.5, 0.6) is 0 Å². The van der Waals surface area contributed by atoms with Crippen LogP contribution in [0.4, 0.5) is 4.39 Å². The lowest BCUT2D eigenvalue weighted by atomic mass is 10.1. The normalized spacial score (nSPS) is 10.5. The lowest BCUT2D eigenvalue weighted by Crippen LogP contribution is -1.91. The summed E-state index contributed by atoms with van der Waals surface area (Å²) in [5.41, 5.74) is 2.09. The second-order valence-corrected chi connectivity index (χ2v) is 4.46. The Bertz CT molecular complexity index is 450. The van der Waals surface area contributed by atoms with E-state index in [-0.39, 0.29) is 5.82 Å². The maximum Gasteiger partial charge on any atom is 0.123 e. The molecule has 3 heteroatoms. The maximum absolute atomic E-state index is 12.9. The molecule has 0 aliphatic carbocycles. The predicted octanol–water partition coefficient (Wildman–Crippen LogP) is 3.38. The molecule has 0 fully saturated rings. The van der Waals surface area contributed by atoms with E-state index in [9.17, 15) is 4.39 Å². The van der Waals surface area contributed by atoms with Gasteiger partial charge in [0, 0.05) is 17.5 Å². The summed E-state index contributed by atoms with van der Waals surface area (Å²) in [6.07, 6.45) is 1.74. The van der Waals surface area contributed by atoms with Gasteiger partial charge >= 0.3 is 0 Å². The van der Waals surface area contributed by atoms with Gasteiger partial charge in [0.1, 0.15) is 5.82 Å². The van der Waals surface area contributed by atoms with Gasteiger partial charge in [0.2, 0.25) is 0 Å². The first-order valence-electron chi connectivity index (χ1n) is 4.89. The zero-order valence-corrected chi connectivity index (χ0v) is 9.35. The summed E-state index contributed by atoms with van der Waals surface area (Å²) in [5.74, 6) is -0.164. The topological polar surface area (TPSA) is 12.9 Å². The number of nitrogens with zero attached hydrogens (tertiary/aromatic N) is 1. The number of rotatable bonds is 3. The van der Waals surface area contributed by atoms with Crippen molar-refractivity contribution in [3.05, 3.63) is 51.7 Å². The van der Waals surface area contributed by atoms with Crippen LogP contribution in [0, 0.1) is 12.7 Å². The van der Waals surface area contributed by atoms with E-state index in [2.05, 4.69) is 4.98 Å². The van der Waals surface area contributed by atoms with Crippen molar-refractivity contribution in [3.8, 4) is 0 Å². The number of aromatic nitrogens is 1. The van der Waals surface area contributed by atoms with Crippen molar-refractivity contribution >= 4 is 11.3 Å². The van der Waals surface area contributed by atoms with Crippen LogP contribution in [-0.2, 0) is 12.8 Å². The molecular weight excluding hydrogens is 209 g/mol. The Kier molecular flexibility index (Phi) is 3.11. The number of hydrogen-bond donors (Lipinski definition) is 0. The molecule has 2 rings (SSSR count). The quantitative estimate of drug-likeness (QED) is 0.774. The Morgan fingerprint density at radius 3 is 2.87 bits per heavy atom. The Labute approximate surface area is 92.6 Å². The molecule has 1 aromatic carbocycles. The molecule has 0 radical (unpaired) electrons. The van der Waals surface area contributed by atoms with Crippen LogP contribution in [0.15, 0.2) is 29.6 Å². The summed E-state index contributed by atoms with van der Waals surface area (Å²) in [4.78, 5) is 4.37. The molecule has 0 unspecified atom stereocenters. The first-order chi connectivity index (χ1) is 7.24. The molecule has 0 amide bonds. The zero-order valence-electron chi connectivity index (χ0n) is 8.53. The summed E-state index contributed by atoms with van der Waals surface area (Å²) >= 11 is 1.67. The predicted molar refractivity (Wildman–Crippen MR) is 60.7 cm³/mol. The van der Waals surface area contributed by atoms with Crippen LogP contribution >= 0.6 is 11.3 Å². The maximum atomic E-state index is 12.9. The van der Waals surface area contributed by atoms with Crippen molar-refractivity contribution in [2.75, 3.05) is 0 Å². The van der Waals surface area contributed by atoms with E-state index in [1.54, 1.807) is 23.5 Å². The summed E-state index contributed by atoms with van der Waals surface area (Å²) in [6.45, 7) is 1.99. The number of benzene rings is 1. The molecular formula is C12H12FNS. The highest BCUT2D eigenvalue weighted by molar-refractivity contribution is 7.09. The van der Waals surface area contributed by atoms with Gasteiger partial charge in [0.05, 0.1) is 5.01 Å². The fraction of sp³-hybridized carbons (Fsp3) is 0.250. The molecule has 0 aliphatic heterocycles. The van der Waals surface area contributed by atoms with Crippen molar-refractivity contribution in [2.24, 2.45) is 0 Å². The molecule has 0 saturated carbocycles. The van der Waals surface area contributed by atoms with Crippen LogP contribution in [0.25, 0.3) is 0 Å². The zero-order chi connectivity index (χ0) is 10.7. The van der Waals surface area contributed by atoms with Crippen molar-refractivity contribution < 1.29 is 4.39 Å². The van der Waals surface area contributed by atoms with Crippen molar-refractivity contribution in [2.45, 2.75) is 19.8 Å². The fourth-order valence-corrected chi connectivity index (χ4v) is 2.24. The van der Waals surface area contributed by atoms with Gasteiger partial charge in [0.25, 0.3) is 0 Å². The third-order valence-corrected chi connectivity index (χ3v) is 3.21. The lowest BCUT2D eigenvalue weighted by Gasteiger charge is -1.98. The number of hydrogen-bond acceptors (Lipinski definition) is 2. The van der Waals surface area contributed by atoms with E-state index in [1.807, 2.05) is 18.4 Å². The second-order valence-electron chi connectivity index (χ2n) is 3.51. The minimum absolute atomic E-state index is 0.164. The monoisotopic (exact) mass is 221 g/mol. The van der Waals surface area contributed by atoms with Gasteiger partial charge in [0.15, 0.2) is 0 Å². The van der Waals surface area contributed by atoms with Crippen LogP contribution < -0.4 is 0 Å². The molecule has 0 spiro atoms. The van der Waals surface area contributed by atoms with Gasteiger partial charge in [-0.05, 0) is 31.0 Å². The van der Waals surface area contributed by atoms with Crippen LogP contribution in [0.1, 0.15) is 16.3 Å². The molecule has 1 nitrogen and oxygen atoms in total. The average molecular weight is 221 g/mol. The number of aryl methyl sites for hydroxylation is 3. The van der Waals surface area contributed by atoms with Crippen molar-refractivity contribution in [1.82, 2.24) is 4.98 Å². The highest BCUT2D eigenvalue weighted by Gasteiger charge is 2.00. The molecule has 0 N–H and O–H groups in total. The standard InChI is InChI=1S/C12H12FNS/c1-9-8-15-12(14-9)6-5-10-3-2-4-11(13)7-10/h2-4,7-8H,5-6H2,1H3. The van der Waals surface area contributed by atoms with Gasteiger partial charge in [-0.25, -0.2) is 9.37 Å². The summed E-state index contributed by atoms with van der Waals surface area (Å²) in [7, 11) is 0. The van der Waals surface area contributed by atoms with Gasteiger partial charge in [-0.1, -0.05) is 12.1 Å². The Balaban J connectivity index is 1.99. The smallest absolute Gasteiger partial charge is 0.123 e. The number of thiazole rings is 1.